The van der Waals surface area contributed by atoms with Gasteiger partial charge in [-0.2, -0.15) is 0 Å². The highest BCUT2D eigenvalue weighted by Crippen LogP contribution is 2.51. The highest BCUT2D eigenvalue weighted by Gasteiger charge is 2.46. The second-order valence-electron chi connectivity index (χ2n) is 10.2. The molecule has 0 fully saturated rings. The standard InChI is InChI=1S/C30H27N3O4/c1-30(2)17-23-26(24(34)18-30)25(19-13-15-22(16-14-19)33(36)37)27(28(35)20-9-5-3-6-10-20)29(31)32(23)21-11-7-4-8-12-21/h3-16,25,31,35H,17-18H2,1-2H3/b28-27+,31-29?. The second kappa shape index (κ2) is 9.17. The molecule has 0 bridgehead atoms. The minimum absolute atomic E-state index is 0.0543. The van der Waals surface area contributed by atoms with E-state index in [2.05, 4.69) is 0 Å². The Morgan fingerprint density at radius 1 is 0.973 bits per heavy atom. The molecule has 1 aliphatic heterocycles. The van der Waals surface area contributed by atoms with Gasteiger partial charge in [0.2, 0.25) is 0 Å². The second-order valence-corrected chi connectivity index (χ2v) is 10.2. The van der Waals surface area contributed by atoms with Gasteiger partial charge in [0.1, 0.15) is 11.6 Å². The van der Waals surface area contributed by atoms with Gasteiger partial charge in [0, 0.05) is 52.6 Å². The molecule has 1 atom stereocenters. The average molecular weight is 494 g/mol. The maximum absolute atomic E-state index is 13.8. The highest BCUT2D eigenvalue weighted by atomic mass is 16.6. The van der Waals surface area contributed by atoms with Crippen LogP contribution in [0.15, 0.2) is 102 Å². The van der Waals surface area contributed by atoms with Crippen LogP contribution < -0.4 is 4.90 Å². The van der Waals surface area contributed by atoms with Gasteiger partial charge >= 0.3 is 0 Å². The summed E-state index contributed by atoms with van der Waals surface area (Å²) in [5.74, 6) is -0.826. The first-order valence-electron chi connectivity index (χ1n) is 12.1. The van der Waals surface area contributed by atoms with Gasteiger partial charge in [-0.05, 0) is 29.5 Å². The van der Waals surface area contributed by atoms with Gasteiger partial charge in [-0.3, -0.25) is 25.2 Å². The lowest BCUT2D eigenvalue weighted by Crippen LogP contribution is -2.45. The van der Waals surface area contributed by atoms with Crippen LogP contribution in [0.4, 0.5) is 11.4 Å². The Kier molecular flexibility index (Phi) is 5.99. The van der Waals surface area contributed by atoms with Crippen molar-refractivity contribution in [2.24, 2.45) is 5.41 Å². The van der Waals surface area contributed by atoms with Crippen LogP contribution in [0.25, 0.3) is 5.76 Å². The van der Waals surface area contributed by atoms with E-state index in [0.29, 0.717) is 29.5 Å². The number of benzene rings is 3. The lowest BCUT2D eigenvalue weighted by molar-refractivity contribution is -0.384. The van der Waals surface area contributed by atoms with E-state index in [1.165, 1.54) is 12.1 Å². The molecule has 0 aromatic heterocycles. The fourth-order valence-corrected chi connectivity index (χ4v) is 5.35. The van der Waals surface area contributed by atoms with Crippen LogP contribution >= 0.6 is 0 Å². The zero-order valence-corrected chi connectivity index (χ0v) is 20.6. The largest absolute Gasteiger partial charge is 0.507 e. The number of nitro benzene ring substituents is 1. The lowest BCUT2D eigenvalue weighted by atomic mass is 9.67. The number of aliphatic hydroxyl groups is 1. The average Bonchev–Trinajstić information content (AvgIpc) is 2.88. The van der Waals surface area contributed by atoms with Crippen molar-refractivity contribution in [1.29, 1.82) is 5.41 Å². The minimum Gasteiger partial charge on any atom is -0.507 e. The summed E-state index contributed by atoms with van der Waals surface area (Å²) in [7, 11) is 0. The molecule has 3 aromatic carbocycles. The molecule has 5 rings (SSSR count). The third-order valence-corrected chi connectivity index (χ3v) is 6.98. The smallest absolute Gasteiger partial charge is 0.269 e. The number of nitrogens with one attached hydrogen (secondary N) is 1. The topological polar surface area (TPSA) is 108 Å². The van der Waals surface area contributed by atoms with Crippen LogP contribution in [-0.2, 0) is 4.79 Å². The van der Waals surface area contributed by atoms with Crippen molar-refractivity contribution >= 4 is 28.8 Å². The van der Waals surface area contributed by atoms with Gasteiger partial charge in [0.25, 0.3) is 5.69 Å². The number of nitro groups is 1. The summed E-state index contributed by atoms with van der Waals surface area (Å²) >= 11 is 0. The van der Waals surface area contributed by atoms with Crippen molar-refractivity contribution in [3.63, 3.8) is 0 Å². The molecular weight excluding hydrogens is 466 g/mol. The quantitative estimate of drug-likeness (QED) is 0.236. The van der Waals surface area contributed by atoms with Gasteiger partial charge in [0.15, 0.2) is 5.78 Å². The predicted molar refractivity (Wildman–Crippen MR) is 144 cm³/mol. The molecule has 3 aromatic rings. The summed E-state index contributed by atoms with van der Waals surface area (Å²) < 4.78 is 0. The first-order chi connectivity index (χ1) is 17.7. The molecule has 2 aliphatic rings. The Labute approximate surface area is 215 Å². The number of amidine groups is 1. The number of hydrogen-bond donors (Lipinski definition) is 2. The van der Waals surface area contributed by atoms with E-state index in [4.69, 9.17) is 0 Å². The number of anilines is 1. The first kappa shape index (κ1) is 24.2. The number of hydrogen-bond acceptors (Lipinski definition) is 5. The molecule has 1 unspecified atom stereocenters. The lowest BCUT2D eigenvalue weighted by Gasteiger charge is -2.45. The number of rotatable bonds is 4. The van der Waals surface area contributed by atoms with E-state index in [1.807, 2.05) is 50.2 Å². The number of allylic oxidation sites excluding steroid dienone is 2. The molecule has 0 radical (unpaired) electrons. The van der Waals surface area contributed by atoms with Gasteiger partial charge in [-0.25, -0.2) is 0 Å². The first-order valence-corrected chi connectivity index (χ1v) is 12.1. The van der Waals surface area contributed by atoms with Crippen molar-refractivity contribution in [3.8, 4) is 0 Å². The number of carbonyl (C=O) groups is 1. The minimum atomic E-state index is -0.743. The number of Topliss-reactive ketones (excluding diaryl/α,β-unsaturated/α-hetero) is 1. The van der Waals surface area contributed by atoms with Gasteiger partial charge in [-0.1, -0.05) is 74.5 Å². The summed E-state index contributed by atoms with van der Waals surface area (Å²) in [6.45, 7) is 4.07. The highest BCUT2D eigenvalue weighted by molar-refractivity contribution is 6.19. The summed E-state index contributed by atoms with van der Waals surface area (Å²) in [4.78, 5) is 26.4. The molecule has 37 heavy (non-hydrogen) atoms. The van der Waals surface area contributed by atoms with Crippen LogP contribution in [-0.4, -0.2) is 21.6 Å². The number of aliphatic hydroxyl groups excluding tert-OH is 1. The summed E-state index contributed by atoms with van der Waals surface area (Å²) in [6, 6.07) is 24.4. The van der Waals surface area contributed by atoms with E-state index in [0.717, 1.165) is 11.4 Å². The van der Waals surface area contributed by atoms with E-state index in [9.17, 15) is 25.4 Å². The molecule has 0 spiro atoms. The van der Waals surface area contributed by atoms with Crippen LogP contribution in [0.2, 0.25) is 0 Å². The Balaban J connectivity index is 1.83. The number of carbonyl (C=O) groups excluding carboxylic acids is 1. The predicted octanol–water partition coefficient (Wildman–Crippen LogP) is 6.79. The molecule has 1 heterocycles. The molecule has 1 aliphatic carbocycles. The Bertz CT molecular complexity index is 1460. The number of ketones is 1. The Morgan fingerprint density at radius 2 is 1.57 bits per heavy atom. The zero-order valence-electron chi connectivity index (χ0n) is 20.6. The molecular formula is C30H27N3O4. The third kappa shape index (κ3) is 4.33. The molecule has 0 saturated carbocycles. The molecule has 0 amide bonds. The molecule has 7 nitrogen and oxygen atoms in total. The number of non-ortho nitro benzene ring substituents is 1. The van der Waals surface area contributed by atoms with Crippen LogP contribution in [0, 0.1) is 20.9 Å². The Morgan fingerprint density at radius 3 is 2.16 bits per heavy atom. The fraction of sp³-hybridized carbons (Fsp3) is 0.200. The van der Waals surface area contributed by atoms with Crippen molar-refractivity contribution in [3.05, 3.63) is 123 Å². The van der Waals surface area contributed by atoms with E-state index >= 15 is 0 Å². The maximum Gasteiger partial charge on any atom is 0.269 e. The molecule has 7 heteroatoms. The SMILES string of the molecule is CC1(C)CC(=O)C2=C(C1)N(c1ccccc1)C(=N)/C(=C(/O)c1ccccc1)C2c1ccc([N+](=O)[O-])cc1. The molecule has 186 valence electrons. The summed E-state index contributed by atoms with van der Waals surface area (Å²) in [5.41, 5.74) is 3.02. The van der Waals surface area contributed by atoms with Crippen LogP contribution in [0.3, 0.4) is 0 Å². The summed E-state index contributed by atoms with van der Waals surface area (Å²) in [6.07, 6.45) is 0.888. The number of para-hydroxylation sites is 1. The maximum atomic E-state index is 13.8. The van der Waals surface area contributed by atoms with E-state index < -0.39 is 10.8 Å². The normalized spacial score (nSPS) is 20.5. The van der Waals surface area contributed by atoms with Gasteiger partial charge in [-0.15, -0.1) is 0 Å². The molecule has 2 N–H and O–H groups in total. The monoisotopic (exact) mass is 493 g/mol. The number of nitrogens with zero attached hydrogens (tertiary/aromatic N) is 2. The summed E-state index contributed by atoms with van der Waals surface area (Å²) in [5, 5.41) is 32.3. The molecule has 0 saturated heterocycles. The van der Waals surface area contributed by atoms with Crippen molar-refractivity contribution in [1.82, 2.24) is 0 Å². The van der Waals surface area contributed by atoms with Crippen molar-refractivity contribution < 1.29 is 14.8 Å². The Hall–Kier alpha value is -4.52. The van der Waals surface area contributed by atoms with E-state index in [-0.39, 0.29) is 34.1 Å². The third-order valence-electron chi connectivity index (χ3n) is 6.98. The fourth-order valence-electron chi connectivity index (χ4n) is 5.35. The van der Waals surface area contributed by atoms with Gasteiger partial charge in [0.05, 0.1) is 4.92 Å². The zero-order chi connectivity index (χ0) is 26.3. The van der Waals surface area contributed by atoms with Gasteiger partial charge < -0.3 is 5.11 Å². The van der Waals surface area contributed by atoms with Crippen LogP contribution in [0.5, 0.6) is 0 Å². The van der Waals surface area contributed by atoms with Crippen molar-refractivity contribution in [2.45, 2.75) is 32.6 Å². The van der Waals surface area contributed by atoms with Crippen LogP contribution in [0.1, 0.15) is 43.7 Å². The van der Waals surface area contributed by atoms with Crippen molar-refractivity contribution in [2.75, 3.05) is 4.90 Å². The van der Waals surface area contributed by atoms with E-state index in [1.54, 1.807) is 41.3 Å².